The predicted molar refractivity (Wildman–Crippen MR) is 100 cm³/mol. The summed E-state index contributed by atoms with van der Waals surface area (Å²) in [6.07, 6.45) is 0. The second-order valence-electron chi connectivity index (χ2n) is 6.38. The molecule has 1 heterocycles. The van der Waals surface area contributed by atoms with Crippen molar-refractivity contribution in [1.82, 2.24) is 9.55 Å². The molecule has 0 spiro atoms. The lowest BCUT2D eigenvalue weighted by molar-refractivity contribution is 0.747. The summed E-state index contributed by atoms with van der Waals surface area (Å²) in [5.41, 5.74) is 12.0. The molecule has 4 aromatic rings. The first-order valence-corrected chi connectivity index (χ1v) is 8.30. The summed E-state index contributed by atoms with van der Waals surface area (Å²) in [5, 5.41) is 2.55. The van der Waals surface area contributed by atoms with E-state index >= 15 is 0 Å². The summed E-state index contributed by atoms with van der Waals surface area (Å²) in [6, 6.07) is 19.4. The Hall–Kier alpha value is -2.65. The van der Waals surface area contributed by atoms with E-state index in [-0.39, 0.29) is 0 Å². The lowest BCUT2D eigenvalue weighted by atomic mass is 10.0. The van der Waals surface area contributed by atoms with Gasteiger partial charge in [0.2, 0.25) is 0 Å². The first-order chi connectivity index (χ1) is 11.7. The van der Waals surface area contributed by atoms with Crippen LogP contribution >= 0.6 is 0 Å². The van der Waals surface area contributed by atoms with Crippen LogP contribution in [0, 0.1) is 13.8 Å². The Kier molecular flexibility index (Phi) is 3.58. The highest BCUT2D eigenvalue weighted by Crippen LogP contribution is 2.25. The Labute approximate surface area is 141 Å². The van der Waals surface area contributed by atoms with Crippen molar-refractivity contribution in [3.05, 3.63) is 77.1 Å². The second-order valence-corrected chi connectivity index (χ2v) is 6.38. The molecule has 0 unspecified atom stereocenters. The van der Waals surface area contributed by atoms with Crippen LogP contribution in [0.3, 0.4) is 0 Å². The number of benzene rings is 3. The molecule has 2 N–H and O–H groups in total. The lowest BCUT2D eigenvalue weighted by Crippen LogP contribution is -2.09. The zero-order chi connectivity index (χ0) is 16.7. The monoisotopic (exact) mass is 315 g/mol. The molecule has 24 heavy (non-hydrogen) atoms. The van der Waals surface area contributed by atoms with E-state index in [1.165, 1.54) is 27.5 Å². The van der Waals surface area contributed by atoms with Gasteiger partial charge in [0.25, 0.3) is 0 Å². The van der Waals surface area contributed by atoms with Gasteiger partial charge in [-0.25, -0.2) is 4.98 Å². The van der Waals surface area contributed by atoms with Crippen LogP contribution in [0.5, 0.6) is 0 Å². The predicted octanol–water partition coefficient (Wildman–Crippen LogP) is 4.31. The summed E-state index contributed by atoms with van der Waals surface area (Å²) < 4.78 is 2.25. The van der Waals surface area contributed by atoms with Crippen LogP contribution in [0.4, 0.5) is 0 Å². The largest absolute Gasteiger partial charge is 0.324 e. The standard InChI is InChI=1S/C21H21N3/c1-14-10-19-20(11-15(14)2)24(21(12-22)23-19)13-17-8-5-7-16-6-3-4-9-18(16)17/h3-11H,12-13,22H2,1-2H3. The van der Waals surface area contributed by atoms with Crippen LogP contribution < -0.4 is 5.73 Å². The molecule has 0 amide bonds. The van der Waals surface area contributed by atoms with Crippen molar-refractivity contribution < 1.29 is 0 Å². The Morgan fingerprint density at radius 3 is 2.54 bits per heavy atom. The molecule has 0 atom stereocenters. The maximum absolute atomic E-state index is 5.97. The van der Waals surface area contributed by atoms with Gasteiger partial charge < -0.3 is 10.3 Å². The molecule has 0 aliphatic carbocycles. The fourth-order valence-electron chi connectivity index (χ4n) is 3.36. The van der Waals surface area contributed by atoms with Gasteiger partial charge in [-0.05, 0) is 53.4 Å². The minimum Gasteiger partial charge on any atom is -0.324 e. The highest BCUT2D eigenvalue weighted by molar-refractivity contribution is 5.86. The molecular formula is C21H21N3. The number of imidazole rings is 1. The van der Waals surface area contributed by atoms with Crippen LogP contribution in [-0.4, -0.2) is 9.55 Å². The summed E-state index contributed by atoms with van der Waals surface area (Å²) in [6.45, 7) is 5.50. The van der Waals surface area contributed by atoms with Crippen molar-refractivity contribution in [3.63, 3.8) is 0 Å². The topological polar surface area (TPSA) is 43.8 Å². The summed E-state index contributed by atoms with van der Waals surface area (Å²) >= 11 is 0. The highest BCUT2D eigenvalue weighted by atomic mass is 15.1. The number of rotatable bonds is 3. The van der Waals surface area contributed by atoms with Crippen LogP contribution in [0.25, 0.3) is 21.8 Å². The van der Waals surface area contributed by atoms with Gasteiger partial charge in [0.15, 0.2) is 0 Å². The number of nitrogens with zero attached hydrogens (tertiary/aromatic N) is 2. The van der Waals surface area contributed by atoms with Crippen molar-refractivity contribution in [1.29, 1.82) is 0 Å². The molecule has 0 saturated heterocycles. The van der Waals surface area contributed by atoms with Gasteiger partial charge in [-0.2, -0.15) is 0 Å². The van der Waals surface area contributed by atoms with Crippen molar-refractivity contribution in [3.8, 4) is 0 Å². The number of aryl methyl sites for hydroxylation is 2. The average molecular weight is 315 g/mol. The van der Waals surface area contributed by atoms with Gasteiger partial charge >= 0.3 is 0 Å². The number of hydrogen-bond donors (Lipinski definition) is 1. The molecule has 0 aliphatic heterocycles. The Balaban J connectivity index is 1.91. The first kappa shape index (κ1) is 14.9. The first-order valence-electron chi connectivity index (χ1n) is 8.30. The molecule has 0 aliphatic rings. The smallest absolute Gasteiger partial charge is 0.123 e. The number of hydrogen-bond acceptors (Lipinski definition) is 2. The van der Waals surface area contributed by atoms with Crippen LogP contribution in [0.15, 0.2) is 54.6 Å². The SMILES string of the molecule is Cc1cc2nc(CN)n(Cc3cccc4ccccc34)c2cc1C. The van der Waals surface area contributed by atoms with E-state index < -0.39 is 0 Å². The van der Waals surface area contributed by atoms with Crippen LogP contribution in [0.2, 0.25) is 0 Å². The Morgan fingerprint density at radius 1 is 0.958 bits per heavy atom. The van der Waals surface area contributed by atoms with E-state index in [9.17, 15) is 0 Å². The Bertz CT molecular complexity index is 1040. The van der Waals surface area contributed by atoms with Gasteiger partial charge in [0, 0.05) is 6.54 Å². The molecule has 4 rings (SSSR count). The molecule has 3 nitrogen and oxygen atoms in total. The van der Waals surface area contributed by atoms with Crippen molar-refractivity contribution >= 4 is 21.8 Å². The van der Waals surface area contributed by atoms with E-state index in [2.05, 4.69) is 73.0 Å². The fourth-order valence-corrected chi connectivity index (χ4v) is 3.36. The third kappa shape index (κ3) is 2.38. The normalized spacial score (nSPS) is 11.5. The van der Waals surface area contributed by atoms with Crippen molar-refractivity contribution in [2.24, 2.45) is 5.73 Å². The zero-order valence-corrected chi connectivity index (χ0v) is 14.1. The summed E-state index contributed by atoms with van der Waals surface area (Å²) in [4.78, 5) is 4.75. The van der Waals surface area contributed by atoms with E-state index in [0.29, 0.717) is 6.54 Å². The minimum absolute atomic E-state index is 0.442. The lowest BCUT2D eigenvalue weighted by Gasteiger charge is -2.11. The molecule has 1 aromatic heterocycles. The van der Waals surface area contributed by atoms with Crippen LogP contribution in [-0.2, 0) is 13.1 Å². The molecule has 0 bridgehead atoms. The van der Waals surface area contributed by atoms with Crippen LogP contribution in [0.1, 0.15) is 22.5 Å². The summed E-state index contributed by atoms with van der Waals surface area (Å²) in [5.74, 6) is 0.933. The van der Waals surface area contributed by atoms with E-state index in [4.69, 9.17) is 10.7 Å². The molecule has 0 fully saturated rings. The van der Waals surface area contributed by atoms with Gasteiger partial charge in [-0.15, -0.1) is 0 Å². The highest BCUT2D eigenvalue weighted by Gasteiger charge is 2.12. The van der Waals surface area contributed by atoms with Gasteiger partial charge in [-0.1, -0.05) is 42.5 Å². The number of fused-ring (bicyclic) bond motifs is 2. The van der Waals surface area contributed by atoms with Gasteiger partial charge in [0.05, 0.1) is 17.6 Å². The number of nitrogens with two attached hydrogens (primary N) is 1. The van der Waals surface area contributed by atoms with Crippen molar-refractivity contribution in [2.75, 3.05) is 0 Å². The van der Waals surface area contributed by atoms with E-state index in [1.54, 1.807) is 0 Å². The molecular weight excluding hydrogens is 294 g/mol. The van der Waals surface area contributed by atoms with Gasteiger partial charge in [0.1, 0.15) is 5.82 Å². The molecule has 3 heteroatoms. The maximum atomic E-state index is 5.97. The quantitative estimate of drug-likeness (QED) is 0.612. The van der Waals surface area contributed by atoms with Gasteiger partial charge in [-0.3, -0.25) is 0 Å². The molecule has 120 valence electrons. The second kappa shape index (κ2) is 5.77. The van der Waals surface area contributed by atoms with Crippen molar-refractivity contribution in [2.45, 2.75) is 26.9 Å². The third-order valence-electron chi connectivity index (χ3n) is 4.83. The third-order valence-corrected chi connectivity index (χ3v) is 4.83. The average Bonchev–Trinajstić information content (AvgIpc) is 2.92. The van der Waals surface area contributed by atoms with E-state index in [0.717, 1.165) is 23.4 Å². The zero-order valence-electron chi connectivity index (χ0n) is 14.1. The van der Waals surface area contributed by atoms with E-state index in [1.807, 2.05) is 0 Å². The maximum Gasteiger partial charge on any atom is 0.123 e. The Morgan fingerprint density at radius 2 is 1.71 bits per heavy atom. The molecule has 0 saturated carbocycles. The molecule has 3 aromatic carbocycles. The molecule has 0 radical (unpaired) electrons. The number of aromatic nitrogens is 2. The summed E-state index contributed by atoms with van der Waals surface area (Å²) in [7, 11) is 0. The minimum atomic E-state index is 0.442. The fraction of sp³-hybridized carbons (Fsp3) is 0.190.